The Bertz CT molecular complexity index is 583. The van der Waals surface area contributed by atoms with E-state index < -0.39 is 34.7 Å². The fraction of sp³-hybridized carbons (Fsp3) is 0.800. The fourth-order valence-corrected chi connectivity index (χ4v) is 3.73. The quantitative estimate of drug-likeness (QED) is 0.302. The summed E-state index contributed by atoms with van der Waals surface area (Å²) < 4.78 is 14.1. The van der Waals surface area contributed by atoms with Crippen molar-refractivity contribution in [3.05, 3.63) is 0 Å². The maximum Gasteiger partial charge on any atom is 0.371 e. The van der Waals surface area contributed by atoms with Crippen molar-refractivity contribution < 1.29 is 33.4 Å². The number of esters is 2. The number of carbonyl (C=O) groups excluding carboxylic acids is 4. The molecule has 29 heavy (non-hydrogen) atoms. The summed E-state index contributed by atoms with van der Waals surface area (Å²) in [5.41, 5.74) is 0. The maximum atomic E-state index is 12.7. The Labute approximate surface area is 182 Å². The summed E-state index contributed by atoms with van der Waals surface area (Å²) in [5.74, 6) is -1.97. The standard InChI is InChI=1S/C20H32O7S2/c1-13(2)17(22)25-12-26-19(24)29-20(3,4)16(21)10-14(11-28)18(23)27-15-8-6-5-7-9-15/h13-15,28H,5-12H2,1-4H3/t14-/m0/s1. The summed E-state index contributed by atoms with van der Waals surface area (Å²) in [6.07, 6.45) is 4.80. The Morgan fingerprint density at radius 1 is 1.03 bits per heavy atom. The van der Waals surface area contributed by atoms with Gasteiger partial charge in [-0.15, -0.1) is 0 Å². The van der Waals surface area contributed by atoms with Crippen molar-refractivity contribution in [1.82, 2.24) is 0 Å². The largest absolute Gasteiger partial charge is 0.462 e. The Kier molecular flexibility index (Phi) is 11.1. The molecular weight excluding hydrogens is 416 g/mol. The van der Waals surface area contributed by atoms with Gasteiger partial charge in [0.2, 0.25) is 6.79 Å². The van der Waals surface area contributed by atoms with Crippen LogP contribution in [-0.4, -0.2) is 46.4 Å². The molecule has 9 heteroatoms. The van der Waals surface area contributed by atoms with Gasteiger partial charge >= 0.3 is 17.2 Å². The van der Waals surface area contributed by atoms with Crippen LogP contribution in [0.1, 0.15) is 66.2 Å². The number of rotatable bonds is 10. The van der Waals surface area contributed by atoms with Crippen LogP contribution in [0.3, 0.4) is 0 Å². The molecule has 0 unspecified atom stereocenters. The van der Waals surface area contributed by atoms with E-state index in [-0.39, 0.29) is 30.0 Å². The third kappa shape index (κ3) is 9.42. The fourth-order valence-electron chi connectivity index (χ4n) is 2.73. The van der Waals surface area contributed by atoms with Gasteiger partial charge in [-0.2, -0.15) is 12.6 Å². The highest BCUT2D eigenvalue weighted by Gasteiger charge is 2.36. The average Bonchev–Trinajstić information content (AvgIpc) is 2.65. The Hall–Kier alpha value is -1.22. The van der Waals surface area contributed by atoms with Gasteiger partial charge in [-0.1, -0.05) is 20.3 Å². The third-order valence-electron chi connectivity index (χ3n) is 4.68. The summed E-state index contributed by atoms with van der Waals surface area (Å²) in [5, 5.41) is -0.730. The SMILES string of the molecule is CC(C)C(=O)OCOC(=O)SC(C)(C)C(=O)C[C@@H](CS)C(=O)OC1CCCCC1. The first-order chi connectivity index (χ1) is 13.6. The number of ketones is 1. The zero-order chi connectivity index (χ0) is 22.0. The summed E-state index contributed by atoms with van der Waals surface area (Å²) in [6.45, 7) is 6.00. The summed E-state index contributed by atoms with van der Waals surface area (Å²) in [6, 6.07) is 0. The maximum absolute atomic E-state index is 12.7. The van der Waals surface area contributed by atoms with E-state index >= 15 is 0 Å². The molecular formula is C20H32O7S2. The van der Waals surface area contributed by atoms with Crippen LogP contribution in [0.15, 0.2) is 0 Å². The molecule has 1 aliphatic carbocycles. The van der Waals surface area contributed by atoms with Crippen LogP contribution in [-0.2, 0) is 28.6 Å². The normalized spacial score (nSPS) is 16.2. The zero-order valence-corrected chi connectivity index (χ0v) is 19.3. The lowest BCUT2D eigenvalue weighted by Gasteiger charge is -2.26. The molecule has 0 bridgehead atoms. The van der Waals surface area contributed by atoms with Gasteiger partial charge in [-0.25, -0.2) is 4.79 Å². The molecule has 0 saturated heterocycles. The molecule has 7 nitrogen and oxygen atoms in total. The van der Waals surface area contributed by atoms with Crippen molar-refractivity contribution >= 4 is 47.4 Å². The minimum absolute atomic E-state index is 0.0648. The van der Waals surface area contributed by atoms with Crippen LogP contribution < -0.4 is 0 Å². The number of ether oxygens (including phenoxy) is 3. The molecule has 0 aliphatic heterocycles. The van der Waals surface area contributed by atoms with Crippen LogP contribution in [0.4, 0.5) is 4.79 Å². The first-order valence-corrected chi connectivity index (χ1v) is 11.4. The van der Waals surface area contributed by atoms with Gasteiger partial charge in [0.1, 0.15) is 11.9 Å². The van der Waals surface area contributed by atoms with Crippen molar-refractivity contribution in [3.63, 3.8) is 0 Å². The lowest BCUT2D eigenvalue weighted by atomic mass is 9.95. The molecule has 0 aromatic carbocycles. The number of hydrogen-bond acceptors (Lipinski definition) is 9. The summed E-state index contributed by atoms with van der Waals surface area (Å²) in [7, 11) is 0. The van der Waals surface area contributed by atoms with Gasteiger partial charge in [-0.3, -0.25) is 14.4 Å². The first-order valence-electron chi connectivity index (χ1n) is 9.93. The van der Waals surface area contributed by atoms with Crippen LogP contribution in [0.5, 0.6) is 0 Å². The average molecular weight is 449 g/mol. The molecule has 0 spiro atoms. The molecule has 1 saturated carbocycles. The highest BCUT2D eigenvalue weighted by atomic mass is 32.2. The van der Waals surface area contributed by atoms with Gasteiger partial charge in [0.25, 0.3) is 0 Å². The molecule has 0 aromatic rings. The van der Waals surface area contributed by atoms with E-state index in [9.17, 15) is 19.2 Å². The molecule has 0 aromatic heterocycles. The van der Waals surface area contributed by atoms with Crippen LogP contribution in [0.25, 0.3) is 0 Å². The Balaban J connectivity index is 2.49. The molecule has 0 heterocycles. The van der Waals surface area contributed by atoms with Gasteiger partial charge < -0.3 is 14.2 Å². The van der Waals surface area contributed by atoms with Crippen molar-refractivity contribution in [2.75, 3.05) is 12.5 Å². The lowest BCUT2D eigenvalue weighted by molar-refractivity contribution is -0.156. The molecule has 1 aliphatic rings. The van der Waals surface area contributed by atoms with E-state index in [4.69, 9.17) is 14.2 Å². The van der Waals surface area contributed by atoms with Crippen molar-refractivity contribution in [2.24, 2.45) is 11.8 Å². The van der Waals surface area contributed by atoms with Gasteiger partial charge in [0, 0.05) is 12.2 Å². The number of thiol groups is 1. The van der Waals surface area contributed by atoms with E-state index in [0.717, 1.165) is 32.1 Å². The van der Waals surface area contributed by atoms with Crippen LogP contribution >= 0.6 is 24.4 Å². The highest BCUT2D eigenvalue weighted by Crippen LogP contribution is 2.30. The molecule has 1 fully saturated rings. The smallest absolute Gasteiger partial charge is 0.371 e. The first kappa shape index (κ1) is 25.8. The van der Waals surface area contributed by atoms with Crippen LogP contribution in [0, 0.1) is 11.8 Å². The molecule has 0 radical (unpaired) electrons. The Morgan fingerprint density at radius 2 is 1.66 bits per heavy atom. The molecule has 0 amide bonds. The minimum atomic E-state index is -1.11. The molecule has 0 N–H and O–H groups in total. The van der Waals surface area contributed by atoms with Crippen LogP contribution in [0.2, 0.25) is 0 Å². The zero-order valence-electron chi connectivity index (χ0n) is 17.6. The predicted octanol–water partition coefficient (Wildman–Crippen LogP) is 4.17. The van der Waals surface area contributed by atoms with Gasteiger partial charge in [-0.05, 0) is 51.3 Å². The predicted molar refractivity (Wildman–Crippen MR) is 114 cm³/mol. The number of carbonyl (C=O) groups is 4. The van der Waals surface area contributed by atoms with Gasteiger partial charge in [0.05, 0.1) is 16.6 Å². The van der Waals surface area contributed by atoms with Crippen molar-refractivity contribution in [2.45, 2.75) is 77.1 Å². The number of thioether (sulfide) groups is 1. The van der Waals surface area contributed by atoms with E-state index in [1.54, 1.807) is 27.7 Å². The molecule has 1 rings (SSSR count). The summed E-state index contributed by atoms with van der Waals surface area (Å²) in [4.78, 5) is 48.4. The third-order valence-corrected chi connectivity index (χ3v) is 6.14. The number of Topliss-reactive ketones (excluding diaryl/α,β-unsaturated/α-hetero) is 1. The van der Waals surface area contributed by atoms with E-state index in [1.165, 1.54) is 0 Å². The van der Waals surface area contributed by atoms with Crippen molar-refractivity contribution in [3.8, 4) is 0 Å². The second-order valence-electron chi connectivity index (χ2n) is 7.95. The second kappa shape index (κ2) is 12.5. The monoisotopic (exact) mass is 448 g/mol. The van der Waals surface area contributed by atoms with Gasteiger partial charge in [0.15, 0.2) is 0 Å². The van der Waals surface area contributed by atoms with E-state index in [2.05, 4.69) is 12.6 Å². The number of hydrogen-bond donors (Lipinski definition) is 1. The molecule has 1 atom stereocenters. The van der Waals surface area contributed by atoms with E-state index in [0.29, 0.717) is 11.8 Å². The second-order valence-corrected chi connectivity index (χ2v) is 9.87. The Morgan fingerprint density at radius 3 is 2.21 bits per heavy atom. The highest BCUT2D eigenvalue weighted by molar-refractivity contribution is 8.15. The minimum Gasteiger partial charge on any atom is -0.462 e. The molecule has 166 valence electrons. The van der Waals surface area contributed by atoms with Crippen molar-refractivity contribution in [1.29, 1.82) is 0 Å². The lowest BCUT2D eigenvalue weighted by Crippen LogP contribution is -2.35. The summed E-state index contributed by atoms with van der Waals surface area (Å²) >= 11 is 4.89. The van der Waals surface area contributed by atoms with E-state index in [1.807, 2.05) is 0 Å². The topological polar surface area (TPSA) is 96.0 Å².